The van der Waals surface area contributed by atoms with Gasteiger partial charge in [-0.25, -0.2) is 17.6 Å². The molecule has 0 spiro atoms. The zero-order chi connectivity index (χ0) is 23.8. The van der Waals surface area contributed by atoms with Crippen LogP contribution in [-0.4, -0.2) is 25.4 Å². The lowest BCUT2D eigenvalue weighted by Crippen LogP contribution is -2.43. The molecule has 0 saturated carbocycles. The van der Waals surface area contributed by atoms with Gasteiger partial charge < -0.3 is 15.2 Å². The molecule has 0 aliphatic carbocycles. The number of carbonyl (C=O) groups excluding carboxylic acids is 1. The average Bonchev–Trinajstić information content (AvgIpc) is 2.78. The number of hydrogen-bond acceptors (Lipinski definition) is 5. The number of nitrogens with two attached hydrogens (primary N) is 1. The first kappa shape index (κ1) is 23.0. The summed E-state index contributed by atoms with van der Waals surface area (Å²) in [6, 6.07) is 15.2. The molecule has 0 unspecified atom stereocenters. The van der Waals surface area contributed by atoms with E-state index in [1.807, 2.05) is 0 Å². The Morgan fingerprint density at radius 2 is 1.67 bits per heavy atom. The Morgan fingerprint density at radius 3 is 2.27 bits per heavy atom. The van der Waals surface area contributed by atoms with Crippen LogP contribution in [-0.2, 0) is 21.2 Å². The predicted octanol–water partition coefficient (Wildman–Crippen LogP) is 4.92. The van der Waals surface area contributed by atoms with Gasteiger partial charge in [-0.15, -0.1) is 0 Å². The van der Waals surface area contributed by atoms with Crippen LogP contribution in [0.5, 0.6) is 11.5 Å². The van der Waals surface area contributed by atoms with Crippen LogP contribution in [0.3, 0.4) is 0 Å². The van der Waals surface area contributed by atoms with Crippen LogP contribution in [0.25, 0.3) is 0 Å². The van der Waals surface area contributed by atoms with Crippen LogP contribution in [0.1, 0.15) is 22.9 Å². The summed E-state index contributed by atoms with van der Waals surface area (Å²) >= 11 is 5.86. The van der Waals surface area contributed by atoms with Crippen molar-refractivity contribution in [2.75, 3.05) is 6.54 Å². The molecule has 2 N–H and O–H groups in total. The first-order valence-corrected chi connectivity index (χ1v) is 11.8. The lowest BCUT2D eigenvalue weighted by atomic mass is 9.94. The average molecular weight is 491 g/mol. The molecule has 0 radical (unpaired) electrons. The number of hydrogen-bond donors (Lipinski definition) is 1. The minimum atomic E-state index is -4.16. The van der Waals surface area contributed by atoms with E-state index in [1.54, 1.807) is 37.3 Å². The maximum absolute atomic E-state index is 14.7. The normalized spacial score (nSPS) is 16.2. The molecular formula is C23H20ClFN2O5S. The van der Waals surface area contributed by atoms with Crippen LogP contribution in [0.2, 0.25) is 5.02 Å². The molecule has 33 heavy (non-hydrogen) atoms. The second-order valence-electron chi connectivity index (χ2n) is 7.44. The minimum Gasteiger partial charge on any atom is -0.457 e. The number of carbonyl (C=O) groups is 1. The van der Waals surface area contributed by atoms with E-state index in [2.05, 4.69) is 0 Å². The van der Waals surface area contributed by atoms with Crippen molar-refractivity contribution >= 4 is 27.7 Å². The number of benzene rings is 3. The third kappa shape index (κ3) is 4.66. The Morgan fingerprint density at radius 1 is 1.06 bits per heavy atom. The Labute approximate surface area is 195 Å². The zero-order valence-corrected chi connectivity index (χ0v) is 19.1. The lowest BCUT2D eigenvalue weighted by Gasteiger charge is -2.35. The number of rotatable bonds is 5. The Kier molecular flexibility index (Phi) is 6.29. The standard InChI is InChI=1S/C23H20ClFN2O5S/c1-14-2-11-20(25)21-19(14)12-13-27(22(21)32-23(26)28)33(29,30)18-9-7-17(8-10-18)31-16-5-3-15(24)4-6-16/h2-11,22H,12-13H2,1H3,(H2,26,28)/t22-/m0/s1. The van der Waals surface area contributed by atoms with Crippen LogP contribution in [0.4, 0.5) is 9.18 Å². The number of nitrogens with zero attached hydrogens (tertiary/aromatic N) is 1. The lowest BCUT2D eigenvalue weighted by molar-refractivity contribution is 0.0268. The second kappa shape index (κ2) is 9.01. The number of aryl methyl sites for hydroxylation is 1. The Hall–Kier alpha value is -3.14. The van der Waals surface area contributed by atoms with Crippen molar-refractivity contribution in [3.05, 3.63) is 88.2 Å². The van der Waals surface area contributed by atoms with Crippen molar-refractivity contribution in [1.82, 2.24) is 4.31 Å². The summed E-state index contributed by atoms with van der Waals surface area (Å²) < 4.78 is 53.3. The number of ether oxygens (including phenoxy) is 2. The first-order chi connectivity index (χ1) is 15.7. The van der Waals surface area contributed by atoms with E-state index in [9.17, 15) is 17.6 Å². The summed E-state index contributed by atoms with van der Waals surface area (Å²) in [6.45, 7) is 1.77. The van der Waals surface area contributed by atoms with Gasteiger partial charge >= 0.3 is 6.09 Å². The topological polar surface area (TPSA) is 98.9 Å². The van der Waals surface area contributed by atoms with E-state index in [1.165, 1.54) is 30.3 Å². The maximum atomic E-state index is 14.7. The van der Waals surface area contributed by atoms with Gasteiger partial charge in [0.05, 0.1) is 4.90 Å². The highest BCUT2D eigenvalue weighted by Gasteiger charge is 2.41. The van der Waals surface area contributed by atoms with Crippen molar-refractivity contribution in [3.8, 4) is 11.5 Å². The molecule has 0 fully saturated rings. The molecule has 4 rings (SSSR count). The van der Waals surface area contributed by atoms with E-state index in [4.69, 9.17) is 26.8 Å². The summed E-state index contributed by atoms with van der Waals surface area (Å²) in [6.07, 6.45) is -2.46. The number of fused-ring (bicyclic) bond motifs is 1. The van der Waals surface area contributed by atoms with Gasteiger partial charge in [-0.3, -0.25) is 0 Å². The van der Waals surface area contributed by atoms with Gasteiger partial charge in [0, 0.05) is 17.1 Å². The molecule has 1 aliphatic rings. The van der Waals surface area contributed by atoms with Crippen molar-refractivity contribution < 1.29 is 27.1 Å². The zero-order valence-electron chi connectivity index (χ0n) is 17.5. The van der Waals surface area contributed by atoms with Crippen LogP contribution in [0, 0.1) is 12.7 Å². The smallest absolute Gasteiger partial charge is 0.406 e. The monoisotopic (exact) mass is 490 g/mol. The third-order valence-corrected chi connectivity index (χ3v) is 7.45. The molecule has 1 atom stereocenters. The highest BCUT2D eigenvalue weighted by atomic mass is 35.5. The van der Waals surface area contributed by atoms with Crippen molar-refractivity contribution in [2.24, 2.45) is 5.73 Å². The van der Waals surface area contributed by atoms with Gasteiger partial charge in [0.25, 0.3) is 0 Å². The molecule has 0 bridgehead atoms. The van der Waals surface area contributed by atoms with Gasteiger partial charge in [-0.2, -0.15) is 4.31 Å². The maximum Gasteiger partial charge on any atom is 0.406 e. The number of amides is 1. The van der Waals surface area contributed by atoms with Gasteiger partial charge in [-0.1, -0.05) is 17.7 Å². The SMILES string of the molecule is Cc1ccc(F)c2c1CCN(S(=O)(=O)c1ccc(Oc3ccc(Cl)cc3)cc1)[C@H]2OC(N)=O. The summed E-state index contributed by atoms with van der Waals surface area (Å²) in [5.41, 5.74) is 6.54. The predicted molar refractivity (Wildman–Crippen MR) is 120 cm³/mol. The second-order valence-corrected chi connectivity index (χ2v) is 9.77. The summed E-state index contributed by atoms with van der Waals surface area (Å²) in [5, 5.41) is 0.561. The number of sulfonamides is 1. The fraction of sp³-hybridized carbons (Fsp3) is 0.174. The summed E-state index contributed by atoms with van der Waals surface area (Å²) in [7, 11) is -4.16. The molecule has 0 saturated heterocycles. The molecule has 0 aromatic heterocycles. The first-order valence-electron chi connectivity index (χ1n) is 9.96. The van der Waals surface area contributed by atoms with Crippen molar-refractivity contribution in [2.45, 2.75) is 24.5 Å². The van der Waals surface area contributed by atoms with Gasteiger partial charge in [0.2, 0.25) is 10.0 Å². The fourth-order valence-corrected chi connectivity index (χ4v) is 5.36. The molecule has 172 valence electrons. The molecule has 1 amide bonds. The fourth-order valence-electron chi connectivity index (χ4n) is 3.75. The molecule has 1 aliphatic heterocycles. The van der Waals surface area contributed by atoms with E-state index >= 15 is 0 Å². The van der Waals surface area contributed by atoms with E-state index in [0.717, 1.165) is 9.87 Å². The Balaban J connectivity index is 1.65. The quantitative estimate of drug-likeness (QED) is 0.547. The molecule has 7 nitrogen and oxygen atoms in total. The molecular weight excluding hydrogens is 471 g/mol. The van der Waals surface area contributed by atoms with Gasteiger partial charge in [0.1, 0.15) is 17.3 Å². The highest BCUT2D eigenvalue weighted by molar-refractivity contribution is 7.89. The van der Waals surface area contributed by atoms with E-state index in [0.29, 0.717) is 22.1 Å². The Bertz CT molecular complexity index is 1300. The summed E-state index contributed by atoms with van der Waals surface area (Å²) in [4.78, 5) is 11.5. The van der Waals surface area contributed by atoms with E-state index < -0.39 is 28.2 Å². The highest BCUT2D eigenvalue weighted by Crippen LogP contribution is 2.38. The molecule has 3 aromatic rings. The van der Waals surface area contributed by atoms with E-state index in [-0.39, 0.29) is 23.4 Å². The van der Waals surface area contributed by atoms with Crippen LogP contribution < -0.4 is 10.5 Å². The van der Waals surface area contributed by atoms with Crippen molar-refractivity contribution in [1.29, 1.82) is 0 Å². The van der Waals surface area contributed by atoms with Gasteiger partial charge in [0.15, 0.2) is 6.23 Å². The third-order valence-electron chi connectivity index (χ3n) is 5.34. The number of halogens is 2. The minimum absolute atomic E-state index is 0.00804. The molecule has 3 aromatic carbocycles. The number of primary amides is 1. The molecule has 1 heterocycles. The van der Waals surface area contributed by atoms with Gasteiger partial charge in [-0.05, 0) is 79.1 Å². The summed E-state index contributed by atoms with van der Waals surface area (Å²) in [5.74, 6) is 0.267. The van der Waals surface area contributed by atoms with Crippen LogP contribution in [0.15, 0.2) is 65.6 Å². The molecule has 10 heteroatoms. The largest absolute Gasteiger partial charge is 0.457 e. The van der Waals surface area contributed by atoms with Crippen molar-refractivity contribution in [3.63, 3.8) is 0 Å². The van der Waals surface area contributed by atoms with Crippen LogP contribution >= 0.6 is 11.6 Å².